The Labute approximate surface area is 200 Å². The summed E-state index contributed by atoms with van der Waals surface area (Å²) in [5.41, 5.74) is 5.14. The van der Waals surface area contributed by atoms with Crippen molar-refractivity contribution in [1.29, 1.82) is 0 Å². The molecule has 0 aliphatic carbocycles. The second-order valence-electron chi connectivity index (χ2n) is 8.42. The molecule has 1 saturated heterocycles. The fourth-order valence-corrected chi connectivity index (χ4v) is 4.60. The molecule has 7 heteroatoms. The molecule has 5 rings (SSSR count). The summed E-state index contributed by atoms with van der Waals surface area (Å²) in [6.45, 7) is 3.39. The monoisotopic (exact) mass is 462 g/mol. The highest BCUT2D eigenvalue weighted by atomic mass is 19.1. The number of methoxy groups -OCH3 is 1. The zero-order chi connectivity index (χ0) is 22.8. The number of rotatable bonds is 4. The van der Waals surface area contributed by atoms with Gasteiger partial charge in [0.05, 0.1) is 30.9 Å². The highest BCUT2D eigenvalue weighted by Gasteiger charge is 2.31. The Balaban J connectivity index is 0.00000274. The Morgan fingerprint density at radius 2 is 2.00 bits per heavy atom. The van der Waals surface area contributed by atoms with Crippen LogP contribution in [0.5, 0.6) is 5.75 Å². The van der Waals surface area contributed by atoms with Gasteiger partial charge in [0.1, 0.15) is 18.2 Å². The number of oxime groups is 1. The molecule has 34 heavy (non-hydrogen) atoms. The SMILES string of the molecule is C.COc1cc(/C=C2\CCCN3C2=NOCCC3c2ccc(F)cc2)ccc1-n1cnc(C)c1. The van der Waals surface area contributed by atoms with Crippen molar-refractivity contribution >= 4 is 11.9 Å². The first kappa shape index (κ1) is 23.5. The summed E-state index contributed by atoms with van der Waals surface area (Å²) in [7, 11) is 1.68. The van der Waals surface area contributed by atoms with E-state index < -0.39 is 0 Å². The summed E-state index contributed by atoms with van der Waals surface area (Å²) in [5, 5.41) is 4.48. The molecule has 0 radical (unpaired) electrons. The number of piperidine rings is 1. The van der Waals surface area contributed by atoms with Crippen molar-refractivity contribution in [3.8, 4) is 11.4 Å². The summed E-state index contributed by atoms with van der Waals surface area (Å²) in [6, 6.07) is 13.0. The van der Waals surface area contributed by atoms with Crippen molar-refractivity contribution in [2.75, 3.05) is 20.3 Å². The van der Waals surface area contributed by atoms with Crippen LogP contribution in [-0.2, 0) is 4.84 Å². The maximum absolute atomic E-state index is 13.5. The third-order valence-corrected chi connectivity index (χ3v) is 6.20. The second kappa shape index (κ2) is 10.1. The summed E-state index contributed by atoms with van der Waals surface area (Å²) >= 11 is 0. The molecular weight excluding hydrogens is 431 g/mol. The number of ether oxygens (including phenoxy) is 1. The van der Waals surface area contributed by atoms with E-state index in [1.807, 2.05) is 42.0 Å². The minimum atomic E-state index is -0.222. The molecule has 0 saturated carbocycles. The average Bonchev–Trinajstić information content (AvgIpc) is 3.14. The van der Waals surface area contributed by atoms with Gasteiger partial charge in [-0.3, -0.25) is 0 Å². The quantitative estimate of drug-likeness (QED) is 0.483. The van der Waals surface area contributed by atoms with Crippen LogP contribution in [0.1, 0.15) is 49.6 Å². The van der Waals surface area contributed by atoms with Crippen LogP contribution in [0.4, 0.5) is 4.39 Å². The average molecular weight is 463 g/mol. The smallest absolute Gasteiger partial charge is 0.171 e. The van der Waals surface area contributed by atoms with Crippen LogP contribution in [0.15, 0.2) is 65.7 Å². The molecule has 1 atom stereocenters. The Kier molecular flexibility index (Phi) is 7.01. The summed E-state index contributed by atoms with van der Waals surface area (Å²) in [4.78, 5) is 12.2. The van der Waals surface area contributed by atoms with E-state index in [0.29, 0.717) is 6.61 Å². The lowest BCUT2D eigenvalue weighted by Gasteiger charge is -2.36. The van der Waals surface area contributed by atoms with E-state index in [9.17, 15) is 4.39 Å². The van der Waals surface area contributed by atoms with Gasteiger partial charge in [-0.25, -0.2) is 9.37 Å². The maximum atomic E-state index is 13.5. The number of aromatic nitrogens is 2. The summed E-state index contributed by atoms with van der Waals surface area (Å²) in [5.74, 6) is 1.42. The minimum Gasteiger partial charge on any atom is -0.495 e. The first-order valence-corrected chi connectivity index (χ1v) is 11.2. The molecule has 1 aromatic heterocycles. The Morgan fingerprint density at radius 3 is 2.74 bits per heavy atom. The fourth-order valence-electron chi connectivity index (χ4n) is 4.60. The lowest BCUT2D eigenvalue weighted by molar-refractivity contribution is 0.140. The van der Waals surface area contributed by atoms with Gasteiger partial charge in [-0.15, -0.1) is 0 Å². The fraction of sp³-hybridized carbons (Fsp3) is 0.333. The molecule has 3 aromatic rings. The predicted molar refractivity (Wildman–Crippen MR) is 133 cm³/mol. The third kappa shape index (κ3) is 4.69. The van der Waals surface area contributed by atoms with Crippen LogP contribution in [0.2, 0.25) is 0 Å². The molecule has 0 N–H and O–H groups in total. The van der Waals surface area contributed by atoms with Crippen LogP contribution < -0.4 is 4.74 Å². The van der Waals surface area contributed by atoms with Gasteiger partial charge in [-0.05, 0) is 66.8 Å². The van der Waals surface area contributed by atoms with E-state index >= 15 is 0 Å². The van der Waals surface area contributed by atoms with Crippen LogP contribution in [-0.4, -0.2) is 40.5 Å². The molecule has 6 nitrogen and oxygen atoms in total. The van der Waals surface area contributed by atoms with Gasteiger partial charge in [-0.2, -0.15) is 0 Å². The second-order valence-corrected chi connectivity index (χ2v) is 8.42. The van der Waals surface area contributed by atoms with E-state index in [2.05, 4.69) is 27.2 Å². The third-order valence-electron chi connectivity index (χ3n) is 6.20. The zero-order valence-electron chi connectivity index (χ0n) is 18.9. The number of halogens is 1. The van der Waals surface area contributed by atoms with E-state index in [-0.39, 0.29) is 19.3 Å². The van der Waals surface area contributed by atoms with E-state index in [1.165, 1.54) is 12.1 Å². The van der Waals surface area contributed by atoms with Crippen molar-refractivity contribution < 1.29 is 14.0 Å². The van der Waals surface area contributed by atoms with Crippen LogP contribution >= 0.6 is 0 Å². The largest absolute Gasteiger partial charge is 0.495 e. The minimum absolute atomic E-state index is 0. The van der Waals surface area contributed by atoms with E-state index in [1.54, 1.807) is 13.4 Å². The molecule has 2 aliphatic heterocycles. The number of hydrogen-bond acceptors (Lipinski definition) is 5. The summed E-state index contributed by atoms with van der Waals surface area (Å²) in [6.07, 6.45) is 8.66. The van der Waals surface area contributed by atoms with Crippen LogP contribution in [0.25, 0.3) is 11.8 Å². The van der Waals surface area contributed by atoms with Gasteiger partial charge in [0.2, 0.25) is 0 Å². The van der Waals surface area contributed by atoms with Crippen molar-refractivity contribution in [3.05, 3.63) is 83.2 Å². The number of nitrogens with zero attached hydrogens (tertiary/aromatic N) is 4. The molecule has 0 amide bonds. The first-order chi connectivity index (χ1) is 16.1. The summed E-state index contributed by atoms with van der Waals surface area (Å²) < 4.78 is 21.1. The van der Waals surface area contributed by atoms with E-state index in [4.69, 9.17) is 9.57 Å². The molecule has 0 bridgehead atoms. The molecule has 3 heterocycles. The molecule has 2 aliphatic rings. The first-order valence-electron chi connectivity index (χ1n) is 11.2. The lowest BCUT2D eigenvalue weighted by Crippen LogP contribution is -2.39. The number of hydrogen-bond donors (Lipinski definition) is 0. The maximum Gasteiger partial charge on any atom is 0.171 e. The number of fused-ring (bicyclic) bond motifs is 1. The lowest BCUT2D eigenvalue weighted by atomic mass is 9.95. The highest BCUT2D eigenvalue weighted by molar-refractivity contribution is 6.02. The molecule has 0 spiro atoms. The van der Waals surface area contributed by atoms with Crippen molar-refractivity contribution in [2.24, 2.45) is 5.16 Å². The van der Waals surface area contributed by atoms with Crippen LogP contribution in [0.3, 0.4) is 0 Å². The normalized spacial score (nSPS) is 18.9. The Bertz CT molecular complexity index is 1200. The standard InChI is InChI=1S/C26H27FN4O2.CH4/c1-18-16-30(17-28-18)24-10-5-19(15-25(24)32-2)14-21-4-3-12-31-23(11-13-33-29-26(21)31)20-6-8-22(27)9-7-20;/h5-10,14-17,23H,3-4,11-13H2,1-2H3;1H4/b21-14+;. The van der Waals surface area contributed by atoms with Gasteiger partial charge < -0.3 is 19.0 Å². The Morgan fingerprint density at radius 1 is 1.18 bits per heavy atom. The van der Waals surface area contributed by atoms with Crippen LogP contribution in [0, 0.1) is 12.7 Å². The molecule has 1 fully saturated rings. The van der Waals surface area contributed by atoms with Gasteiger partial charge in [0.15, 0.2) is 5.84 Å². The van der Waals surface area contributed by atoms with Gasteiger partial charge in [-0.1, -0.05) is 30.8 Å². The Hall–Kier alpha value is -3.61. The molecular formula is C27H31FN4O2. The number of benzene rings is 2. The van der Waals surface area contributed by atoms with Crippen molar-refractivity contribution in [2.45, 2.75) is 39.7 Å². The topological polar surface area (TPSA) is 51.9 Å². The van der Waals surface area contributed by atoms with Gasteiger partial charge >= 0.3 is 0 Å². The molecule has 2 aromatic carbocycles. The molecule has 178 valence electrons. The van der Waals surface area contributed by atoms with Gasteiger partial charge in [0.25, 0.3) is 0 Å². The number of aryl methyl sites for hydroxylation is 1. The molecule has 1 unspecified atom stereocenters. The zero-order valence-corrected chi connectivity index (χ0v) is 18.9. The number of amidine groups is 1. The van der Waals surface area contributed by atoms with Gasteiger partial charge in [0, 0.05) is 19.2 Å². The predicted octanol–water partition coefficient (Wildman–Crippen LogP) is 5.92. The van der Waals surface area contributed by atoms with Crippen molar-refractivity contribution in [3.63, 3.8) is 0 Å². The number of imidazole rings is 1. The highest BCUT2D eigenvalue weighted by Crippen LogP contribution is 2.34. The van der Waals surface area contributed by atoms with Crippen molar-refractivity contribution in [1.82, 2.24) is 14.5 Å². The van der Waals surface area contributed by atoms with E-state index in [0.717, 1.165) is 65.5 Å².